The van der Waals surface area contributed by atoms with Crippen LogP contribution in [0.3, 0.4) is 0 Å². The summed E-state index contributed by atoms with van der Waals surface area (Å²) in [5.74, 6) is -0.247. The number of aromatic nitrogens is 1. The van der Waals surface area contributed by atoms with Crippen LogP contribution in [0.25, 0.3) is 5.69 Å². The predicted molar refractivity (Wildman–Crippen MR) is 83.7 cm³/mol. The summed E-state index contributed by atoms with van der Waals surface area (Å²) in [5.41, 5.74) is 9.26. The van der Waals surface area contributed by atoms with E-state index in [4.69, 9.17) is 5.73 Å². The SMILES string of the molecule is Cc1cc(C(=O)N2CCC(N)C2)c(C)n1-c1ccc(F)cc1. The predicted octanol–water partition coefficient (Wildman–Crippen LogP) is 2.41. The topological polar surface area (TPSA) is 51.3 Å². The van der Waals surface area contributed by atoms with Crippen LogP contribution >= 0.6 is 0 Å². The van der Waals surface area contributed by atoms with Crippen molar-refractivity contribution in [2.75, 3.05) is 13.1 Å². The van der Waals surface area contributed by atoms with E-state index in [9.17, 15) is 9.18 Å². The zero-order valence-electron chi connectivity index (χ0n) is 12.8. The zero-order chi connectivity index (χ0) is 15.9. The summed E-state index contributed by atoms with van der Waals surface area (Å²) in [6, 6.07) is 8.25. The minimum atomic E-state index is -0.270. The van der Waals surface area contributed by atoms with Gasteiger partial charge in [0.1, 0.15) is 5.82 Å². The van der Waals surface area contributed by atoms with Crippen LogP contribution in [0.1, 0.15) is 28.2 Å². The Labute approximate surface area is 129 Å². The second kappa shape index (κ2) is 5.57. The molecule has 1 saturated heterocycles. The molecule has 1 aliphatic rings. The number of hydrogen-bond acceptors (Lipinski definition) is 2. The summed E-state index contributed by atoms with van der Waals surface area (Å²) < 4.78 is 15.1. The number of halogens is 1. The number of nitrogens with two attached hydrogens (primary N) is 1. The third-order valence-corrected chi connectivity index (χ3v) is 4.26. The molecule has 1 aromatic heterocycles. The monoisotopic (exact) mass is 301 g/mol. The number of rotatable bonds is 2. The minimum absolute atomic E-state index is 0.0226. The number of benzene rings is 1. The van der Waals surface area contributed by atoms with Gasteiger partial charge in [0.05, 0.1) is 5.56 Å². The quantitative estimate of drug-likeness (QED) is 0.926. The molecule has 0 spiro atoms. The Balaban J connectivity index is 1.96. The molecule has 0 aliphatic carbocycles. The molecule has 4 nitrogen and oxygen atoms in total. The van der Waals surface area contributed by atoms with E-state index in [-0.39, 0.29) is 17.8 Å². The lowest BCUT2D eigenvalue weighted by molar-refractivity contribution is 0.0790. The maximum absolute atomic E-state index is 13.1. The molecule has 116 valence electrons. The van der Waals surface area contributed by atoms with Crippen LogP contribution in [0, 0.1) is 19.7 Å². The van der Waals surface area contributed by atoms with Crippen LogP contribution in [-0.2, 0) is 0 Å². The molecule has 1 amide bonds. The Morgan fingerprint density at radius 2 is 1.95 bits per heavy atom. The molecule has 2 N–H and O–H groups in total. The molecule has 0 bridgehead atoms. The number of likely N-dealkylation sites (tertiary alicyclic amines) is 1. The fraction of sp³-hybridized carbons (Fsp3) is 0.353. The van der Waals surface area contributed by atoms with Gasteiger partial charge in [-0.2, -0.15) is 0 Å². The van der Waals surface area contributed by atoms with Gasteiger partial charge in [0.2, 0.25) is 0 Å². The molecule has 3 rings (SSSR count). The van der Waals surface area contributed by atoms with E-state index in [0.717, 1.165) is 23.5 Å². The number of aryl methyl sites for hydroxylation is 1. The van der Waals surface area contributed by atoms with Gasteiger partial charge in [0.25, 0.3) is 5.91 Å². The lowest BCUT2D eigenvalue weighted by Gasteiger charge is -2.16. The summed E-state index contributed by atoms with van der Waals surface area (Å²) >= 11 is 0. The Morgan fingerprint density at radius 3 is 2.55 bits per heavy atom. The van der Waals surface area contributed by atoms with Gasteiger partial charge in [-0.3, -0.25) is 4.79 Å². The van der Waals surface area contributed by atoms with Crippen LogP contribution in [0.4, 0.5) is 4.39 Å². The zero-order valence-corrected chi connectivity index (χ0v) is 12.8. The van der Waals surface area contributed by atoms with Crippen molar-refractivity contribution in [3.05, 3.63) is 53.1 Å². The molecule has 1 fully saturated rings. The third-order valence-electron chi connectivity index (χ3n) is 4.26. The van der Waals surface area contributed by atoms with Crippen molar-refractivity contribution in [1.29, 1.82) is 0 Å². The molecule has 1 aliphatic heterocycles. The van der Waals surface area contributed by atoms with E-state index >= 15 is 0 Å². The van der Waals surface area contributed by atoms with Crippen molar-refractivity contribution in [2.24, 2.45) is 5.73 Å². The first-order chi connectivity index (χ1) is 10.5. The number of amides is 1. The van der Waals surface area contributed by atoms with E-state index in [0.29, 0.717) is 18.7 Å². The molecule has 5 heteroatoms. The fourth-order valence-electron chi connectivity index (χ4n) is 3.11. The highest BCUT2D eigenvalue weighted by Gasteiger charge is 2.27. The first-order valence-electron chi connectivity index (χ1n) is 7.47. The summed E-state index contributed by atoms with van der Waals surface area (Å²) in [6.07, 6.45) is 0.850. The maximum atomic E-state index is 13.1. The Bertz CT molecular complexity index is 705. The van der Waals surface area contributed by atoms with E-state index in [1.165, 1.54) is 12.1 Å². The summed E-state index contributed by atoms with van der Waals surface area (Å²) in [4.78, 5) is 14.5. The van der Waals surface area contributed by atoms with Gasteiger partial charge in [-0.05, 0) is 50.6 Å². The number of nitrogens with zero attached hydrogens (tertiary/aromatic N) is 2. The second-order valence-electron chi connectivity index (χ2n) is 5.90. The molecular weight excluding hydrogens is 281 g/mol. The normalized spacial score (nSPS) is 18.0. The largest absolute Gasteiger partial charge is 0.337 e. The van der Waals surface area contributed by atoms with Gasteiger partial charge in [0, 0.05) is 36.2 Å². The van der Waals surface area contributed by atoms with Crippen LogP contribution in [-0.4, -0.2) is 34.5 Å². The van der Waals surface area contributed by atoms with E-state index < -0.39 is 0 Å². The standard InChI is InChI=1S/C17H20FN3O/c1-11-9-16(17(22)20-8-7-14(19)10-20)12(2)21(11)15-5-3-13(18)4-6-15/h3-6,9,14H,7-8,10,19H2,1-2H3. The Hall–Kier alpha value is -2.14. The van der Waals surface area contributed by atoms with E-state index in [2.05, 4.69) is 0 Å². The van der Waals surface area contributed by atoms with Gasteiger partial charge in [-0.25, -0.2) is 4.39 Å². The Kier molecular flexibility index (Phi) is 3.74. The number of carbonyl (C=O) groups is 1. The molecule has 1 aromatic carbocycles. The van der Waals surface area contributed by atoms with Crippen LogP contribution < -0.4 is 5.73 Å². The second-order valence-corrected chi connectivity index (χ2v) is 5.90. The van der Waals surface area contributed by atoms with Gasteiger partial charge < -0.3 is 15.2 Å². The van der Waals surface area contributed by atoms with Gasteiger partial charge in [0.15, 0.2) is 0 Å². The lowest BCUT2D eigenvalue weighted by atomic mass is 10.2. The molecule has 22 heavy (non-hydrogen) atoms. The van der Waals surface area contributed by atoms with Crippen molar-refractivity contribution >= 4 is 5.91 Å². The molecule has 0 saturated carbocycles. The molecular formula is C17H20FN3O. The smallest absolute Gasteiger partial charge is 0.255 e. The molecule has 2 aromatic rings. The first kappa shape index (κ1) is 14.8. The first-order valence-corrected chi connectivity index (χ1v) is 7.47. The van der Waals surface area contributed by atoms with Crippen LogP contribution in [0.2, 0.25) is 0 Å². The van der Waals surface area contributed by atoms with Crippen molar-refractivity contribution in [3.8, 4) is 5.69 Å². The van der Waals surface area contributed by atoms with Gasteiger partial charge in [-0.1, -0.05) is 0 Å². The number of carbonyl (C=O) groups excluding carboxylic acids is 1. The molecule has 1 unspecified atom stereocenters. The highest BCUT2D eigenvalue weighted by molar-refractivity contribution is 5.96. The third kappa shape index (κ3) is 2.52. The summed E-state index contributed by atoms with van der Waals surface area (Å²) in [6.45, 7) is 5.18. The lowest BCUT2D eigenvalue weighted by Crippen LogP contribution is -2.32. The molecule has 1 atom stereocenters. The van der Waals surface area contributed by atoms with Gasteiger partial charge >= 0.3 is 0 Å². The van der Waals surface area contributed by atoms with Crippen LogP contribution in [0.15, 0.2) is 30.3 Å². The van der Waals surface area contributed by atoms with Crippen molar-refractivity contribution in [2.45, 2.75) is 26.3 Å². The highest BCUT2D eigenvalue weighted by atomic mass is 19.1. The van der Waals surface area contributed by atoms with Crippen molar-refractivity contribution < 1.29 is 9.18 Å². The Morgan fingerprint density at radius 1 is 1.27 bits per heavy atom. The molecule has 2 heterocycles. The van der Waals surface area contributed by atoms with Gasteiger partial charge in [-0.15, -0.1) is 0 Å². The summed E-state index contributed by atoms with van der Waals surface area (Å²) in [5, 5.41) is 0. The summed E-state index contributed by atoms with van der Waals surface area (Å²) in [7, 11) is 0. The maximum Gasteiger partial charge on any atom is 0.255 e. The highest BCUT2D eigenvalue weighted by Crippen LogP contribution is 2.23. The minimum Gasteiger partial charge on any atom is -0.337 e. The van der Waals surface area contributed by atoms with Crippen molar-refractivity contribution in [1.82, 2.24) is 9.47 Å². The van der Waals surface area contributed by atoms with E-state index in [1.54, 1.807) is 17.0 Å². The molecule has 0 radical (unpaired) electrons. The number of hydrogen-bond donors (Lipinski definition) is 1. The fourth-order valence-corrected chi connectivity index (χ4v) is 3.11. The van der Waals surface area contributed by atoms with E-state index in [1.807, 2.05) is 24.5 Å². The van der Waals surface area contributed by atoms with Crippen molar-refractivity contribution in [3.63, 3.8) is 0 Å². The van der Waals surface area contributed by atoms with Crippen LogP contribution in [0.5, 0.6) is 0 Å². The average Bonchev–Trinajstić information content (AvgIpc) is 3.04. The average molecular weight is 301 g/mol.